The highest BCUT2D eigenvalue weighted by Gasteiger charge is 2.34. The number of carbonyl (C=O) groups is 3. The SMILES string of the molecule is CC(=O)Oc1cccc(C(=O)N(CCC(C)C)CCC(C)C)c1OCC1CN(c2ccc(C(=N)N)cc2)C(=O)O1. The number of nitrogen functional groups attached to an aromatic ring is 1. The molecule has 10 nitrogen and oxygen atoms in total. The van der Waals surface area contributed by atoms with Crippen molar-refractivity contribution >= 4 is 29.5 Å². The van der Waals surface area contributed by atoms with Gasteiger partial charge in [-0.3, -0.25) is 19.9 Å². The normalized spacial score (nSPS) is 14.8. The van der Waals surface area contributed by atoms with E-state index in [-0.39, 0.29) is 42.0 Å². The Morgan fingerprint density at radius 3 is 2.25 bits per heavy atom. The van der Waals surface area contributed by atoms with Crippen molar-refractivity contribution in [3.05, 3.63) is 53.6 Å². The first-order chi connectivity index (χ1) is 19.0. The van der Waals surface area contributed by atoms with Crippen LogP contribution in [-0.2, 0) is 9.53 Å². The fourth-order valence-electron chi connectivity index (χ4n) is 4.20. The van der Waals surface area contributed by atoms with Crippen LogP contribution in [0.25, 0.3) is 0 Å². The fraction of sp³-hybridized carbons (Fsp3) is 0.467. The molecule has 0 saturated carbocycles. The van der Waals surface area contributed by atoms with E-state index < -0.39 is 18.2 Å². The van der Waals surface area contributed by atoms with E-state index in [1.165, 1.54) is 11.8 Å². The molecule has 10 heteroatoms. The van der Waals surface area contributed by atoms with Crippen LogP contribution in [0.2, 0.25) is 0 Å². The molecule has 3 rings (SSSR count). The highest BCUT2D eigenvalue weighted by molar-refractivity contribution is 5.98. The molecule has 40 heavy (non-hydrogen) atoms. The van der Waals surface area contributed by atoms with Crippen molar-refractivity contribution in [3.63, 3.8) is 0 Å². The topological polar surface area (TPSA) is 135 Å². The first-order valence-corrected chi connectivity index (χ1v) is 13.6. The number of nitrogens with two attached hydrogens (primary N) is 1. The maximum Gasteiger partial charge on any atom is 0.414 e. The third kappa shape index (κ3) is 8.21. The van der Waals surface area contributed by atoms with Gasteiger partial charge >= 0.3 is 12.1 Å². The monoisotopic (exact) mass is 552 g/mol. The molecule has 216 valence electrons. The largest absolute Gasteiger partial charge is 0.485 e. The zero-order valence-electron chi connectivity index (χ0n) is 23.9. The highest BCUT2D eigenvalue weighted by atomic mass is 16.6. The second kappa shape index (κ2) is 13.8. The fourth-order valence-corrected chi connectivity index (χ4v) is 4.20. The summed E-state index contributed by atoms with van der Waals surface area (Å²) in [5.74, 6) is 0.311. The van der Waals surface area contributed by atoms with Gasteiger partial charge in [0.25, 0.3) is 5.91 Å². The van der Waals surface area contributed by atoms with Crippen molar-refractivity contribution in [1.29, 1.82) is 5.41 Å². The molecule has 2 aromatic carbocycles. The molecule has 2 aromatic rings. The number of carbonyl (C=O) groups excluding carboxylic acids is 3. The average Bonchev–Trinajstić information content (AvgIpc) is 3.27. The number of amidine groups is 1. The predicted molar refractivity (Wildman–Crippen MR) is 153 cm³/mol. The molecule has 0 aliphatic carbocycles. The number of nitrogens with zero attached hydrogens (tertiary/aromatic N) is 2. The standard InChI is InChI=1S/C30H40N4O6/c1-19(2)13-15-33(16-14-20(3)4)29(36)25-7-6-8-26(39-21(5)35)27(25)38-18-24-17-34(30(37)40-24)23-11-9-22(10-12-23)28(31)32/h6-12,19-20,24H,13-18H2,1-5H3,(H3,31,32). The summed E-state index contributed by atoms with van der Waals surface area (Å²) >= 11 is 0. The zero-order valence-corrected chi connectivity index (χ0v) is 23.9. The van der Waals surface area contributed by atoms with E-state index in [1.807, 2.05) is 4.90 Å². The summed E-state index contributed by atoms with van der Waals surface area (Å²) in [4.78, 5) is 41.5. The van der Waals surface area contributed by atoms with Gasteiger partial charge in [-0.15, -0.1) is 0 Å². The molecule has 0 spiro atoms. The molecule has 1 aliphatic heterocycles. The van der Waals surface area contributed by atoms with Crippen LogP contribution in [-0.4, -0.2) is 61.1 Å². The number of para-hydroxylation sites is 1. The van der Waals surface area contributed by atoms with E-state index >= 15 is 0 Å². The molecule has 1 heterocycles. The minimum Gasteiger partial charge on any atom is -0.485 e. The van der Waals surface area contributed by atoms with Crippen LogP contribution in [0.4, 0.5) is 10.5 Å². The van der Waals surface area contributed by atoms with Crippen LogP contribution in [0.3, 0.4) is 0 Å². The van der Waals surface area contributed by atoms with Gasteiger partial charge in [0, 0.05) is 31.3 Å². The number of nitrogens with one attached hydrogen (secondary N) is 1. The molecule has 1 atom stereocenters. The first-order valence-electron chi connectivity index (χ1n) is 13.6. The van der Waals surface area contributed by atoms with E-state index in [2.05, 4.69) is 27.7 Å². The van der Waals surface area contributed by atoms with Crippen LogP contribution in [0, 0.1) is 17.2 Å². The van der Waals surface area contributed by atoms with Gasteiger partial charge in [-0.1, -0.05) is 33.8 Å². The summed E-state index contributed by atoms with van der Waals surface area (Å²) in [5.41, 5.74) is 6.95. The van der Waals surface area contributed by atoms with Gasteiger partial charge < -0.3 is 24.8 Å². The van der Waals surface area contributed by atoms with Gasteiger partial charge in [0.15, 0.2) is 17.6 Å². The van der Waals surface area contributed by atoms with Crippen molar-refractivity contribution in [1.82, 2.24) is 4.90 Å². The van der Waals surface area contributed by atoms with Crippen LogP contribution >= 0.6 is 0 Å². The number of esters is 1. The number of anilines is 1. The lowest BCUT2D eigenvalue weighted by molar-refractivity contribution is -0.132. The quantitative estimate of drug-likeness (QED) is 0.157. The number of hydrogen-bond donors (Lipinski definition) is 2. The summed E-state index contributed by atoms with van der Waals surface area (Å²) in [6, 6.07) is 11.6. The Morgan fingerprint density at radius 2 is 1.70 bits per heavy atom. The summed E-state index contributed by atoms with van der Waals surface area (Å²) in [5, 5.41) is 7.54. The Bertz CT molecular complexity index is 1200. The van der Waals surface area contributed by atoms with E-state index in [9.17, 15) is 14.4 Å². The average molecular weight is 553 g/mol. The van der Waals surface area contributed by atoms with Crippen LogP contribution in [0.5, 0.6) is 11.5 Å². The minimum absolute atomic E-state index is 0.0513. The molecule has 0 bridgehead atoms. The summed E-state index contributed by atoms with van der Waals surface area (Å²) < 4.78 is 17.0. The molecular formula is C30H40N4O6. The predicted octanol–water partition coefficient (Wildman–Crippen LogP) is 4.83. The highest BCUT2D eigenvalue weighted by Crippen LogP contribution is 2.34. The maximum absolute atomic E-state index is 13.8. The zero-order chi connectivity index (χ0) is 29.4. The Morgan fingerprint density at radius 1 is 1.07 bits per heavy atom. The number of amides is 2. The van der Waals surface area contributed by atoms with Crippen LogP contribution in [0.1, 0.15) is 63.4 Å². The lowest BCUT2D eigenvalue weighted by atomic mass is 10.1. The molecule has 3 N–H and O–H groups in total. The Kier molecular flexibility index (Phi) is 10.5. The molecule has 0 aromatic heterocycles. The number of cyclic esters (lactones) is 1. The van der Waals surface area contributed by atoms with Gasteiger partial charge in [0.05, 0.1) is 12.1 Å². The molecule has 0 radical (unpaired) electrons. The van der Waals surface area contributed by atoms with Gasteiger partial charge in [0.2, 0.25) is 0 Å². The van der Waals surface area contributed by atoms with Crippen molar-refractivity contribution in [2.45, 2.75) is 53.6 Å². The summed E-state index contributed by atoms with van der Waals surface area (Å²) in [6.45, 7) is 11.1. The Balaban J connectivity index is 1.81. The lowest BCUT2D eigenvalue weighted by Crippen LogP contribution is -2.34. The van der Waals surface area contributed by atoms with E-state index in [1.54, 1.807) is 42.5 Å². The molecule has 1 unspecified atom stereocenters. The maximum atomic E-state index is 13.8. The molecule has 2 amide bonds. The van der Waals surface area contributed by atoms with Gasteiger partial charge in [-0.25, -0.2) is 4.79 Å². The third-order valence-electron chi connectivity index (χ3n) is 6.48. The van der Waals surface area contributed by atoms with E-state index in [4.69, 9.17) is 25.4 Å². The van der Waals surface area contributed by atoms with E-state index in [0.29, 0.717) is 36.2 Å². The van der Waals surface area contributed by atoms with E-state index in [0.717, 1.165) is 12.8 Å². The molecule has 1 saturated heterocycles. The second-order valence-corrected chi connectivity index (χ2v) is 10.8. The van der Waals surface area contributed by atoms with Gasteiger partial charge in [-0.2, -0.15) is 0 Å². The van der Waals surface area contributed by atoms with Crippen molar-refractivity contribution in [2.75, 3.05) is 31.1 Å². The van der Waals surface area contributed by atoms with Crippen LogP contribution < -0.4 is 20.1 Å². The Hall–Kier alpha value is -4.08. The number of rotatable bonds is 13. The number of ether oxygens (including phenoxy) is 3. The van der Waals surface area contributed by atoms with Gasteiger partial charge in [0.1, 0.15) is 12.4 Å². The smallest absolute Gasteiger partial charge is 0.414 e. The van der Waals surface area contributed by atoms with Crippen molar-refractivity contribution in [3.8, 4) is 11.5 Å². The lowest BCUT2D eigenvalue weighted by Gasteiger charge is -2.26. The molecule has 1 fully saturated rings. The number of benzene rings is 2. The minimum atomic E-state index is -0.633. The van der Waals surface area contributed by atoms with Crippen molar-refractivity contribution in [2.24, 2.45) is 17.6 Å². The van der Waals surface area contributed by atoms with Gasteiger partial charge in [-0.05, 0) is 61.1 Å². The third-order valence-corrected chi connectivity index (χ3v) is 6.48. The van der Waals surface area contributed by atoms with Crippen LogP contribution in [0.15, 0.2) is 42.5 Å². The summed E-state index contributed by atoms with van der Waals surface area (Å²) in [7, 11) is 0. The molecule has 1 aliphatic rings. The number of hydrogen-bond acceptors (Lipinski definition) is 7. The summed E-state index contributed by atoms with van der Waals surface area (Å²) in [6.07, 6.45) is 0.532. The first kappa shape index (κ1) is 30.5. The van der Waals surface area contributed by atoms with Crippen molar-refractivity contribution < 1.29 is 28.6 Å². The molecular weight excluding hydrogens is 512 g/mol. The Labute approximate surface area is 235 Å². The second-order valence-electron chi connectivity index (χ2n) is 10.8.